The second kappa shape index (κ2) is 11.0. The lowest BCUT2D eigenvalue weighted by atomic mass is 9.95. The number of rotatable bonds is 6. The van der Waals surface area contributed by atoms with E-state index in [1.807, 2.05) is 54.3 Å². The van der Waals surface area contributed by atoms with E-state index in [1.165, 1.54) is 5.56 Å². The van der Waals surface area contributed by atoms with Crippen molar-refractivity contribution in [1.82, 2.24) is 9.80 Å². The van der Waals surface area contributed by atoms with Crippen LogP contribution in [0.2, 0.25) is 0 Å². The smallest absolute Gasteiger partial charge is 0.238 e. The maximum absolute atomic E-state index is 13.1. The molecule has 35 heavy (non-hydrogen) atoms. The van der Waals surface area contributed by atoms with Crippen molar-refractivity contribution in [3.63, 3.8) is 0 Å². The molecule has 2 aromatic carbocycles. The molecule has 0 radical (unpaired) electrons. The first kappa shape index (κ1) is 24.9. The van der Waals surface area contributed by atoms with Crippen LogP contribution in [0.25, 0.3) is 0 Å². The standard InChI is InChI=1S/C28H36N4O3/c1-20-4-7-25(18-21(20)2)29-27(34)19-30-12-10-24(11-13-30)28(35)32-16-14-31(15-17-32)26-8-5-23(6-9-26)22(3)33/h4-9,18,24H,10-17,19H2,1-3H3,(H,29,34). The van der Waals surface area contributed by atoms with E-state index in [9.17, 15) is 14.4 Å². The Morgan fingerprint density at radius 2 is 1.51 bits per heavy atom. The lowest BCUT2D eigenvalue weighted by molar-refractivity contribution is -0.137. The van der Waals surface area contributed by atoms with Crippen LogP contribution in [0.5, 0.6) is 0 Å². The summed E-state index contributed by atoms with van der Waals surface area (Å²) >= 11 is 0. The van der Waals surface area contributed by atoms with Crippen LogP contribution >= 0.6 is 0 Å². The van der Waals surface area contributed by atoms with Gasteiger partial charge >= 0.3 is 0 Å². The monoisotopic (exact) mass is 476 g/mol. The summed E-state index contributed by atoms with van der Waals surface area (Å²) in [5.41, 5.74) is 5.01. The number of amides is 2. The molecular weight excluding hydrogens is 440 g/mol. The molecule has 0 spiro atoms. The van der Waals surface area contributed by atoms with Crippen molar-refractivity contribution >= 4 is 29.0 Å². The number of hydrogen-bond donors (Lipinski definition) is 1. The van der Waals surface area contributed by atoms with Gasteiger partial charge in [0.15, 0.2) is 5.78 Å². The molecule has 186 valence electrons. The zero-order valence-electron chi connectivity index (χ0n) is 21.0. The highest BCUT2D eigenvalue weighted by Gasteiger charge is 2.31. The molecule has 0 unspecified atom stereocenters. The average Bonchev–Trinajstić information content (AvgIpc) is 2.86. The van der Waals surface area contributed by atoms with Crippen molar-refractivity contribution in [2.75, 3.05) is 56.0 Å². The molecule has 2 saturated heterocycles. The zero-order valence-corrected chi connectivity index (χ0v) is 21.0. The van der Waals surface area contributed by atoms with Crippen molar-refractivity contribution in [3.8, 4) is 0 Å². The molecule has 7 nitrogen and oxygen atoms in total. The summed E-state index contributed by atoms with van der Waals surface area (Å²) in [6.45, 7) is 10.6. The Bertz CT molecular complexity index is 1070. The van der Waals surface area contributed by atoms with Crippen LogP contribution < -0.4 is 10.2 Å². The lowest BCUT2D eigenvalue weighted by Crippen LogP contribution is -2.52. The number of hydrogen-bond acceptors (Lipinski definition) is 5. The third-order valence-electron chi connectivity index (χ3n) is 7.33. The number of nitrogens with one attached hydrogen (secondary N) is 1. The number of nitrogens with zero attached hydrogens (tertiary/aromatic N) is 3. The summed E-state index contributed by atoms with van der Waals surface area (Å²) in [4.78, 5) is 43.5. The second-order valence-corrected chi connectivity index (χ2v) is 9.81. The maximum atomic E-state index is 13.1. The summed E-state index contributed by atoms with van der Waals surface area (Å²) in [6.07, 6.45) is 1.59. The number of piperidine rings is 1. The quantitative estimate of drug-likeness (QED) is 0.646. The van der Waals surface area contributed by atoms with Gasteiger partial charge in [-0.2, -0.15) is 0 Å². The molecule has 2 aliphatic heterocycles. The zero-order chi connectivity index (χ0) is 24.9. The molecule has 0 saturated carbocycles. The van der Waals surface area contributed by atoms with Gasteiger partial charge in [-0.3, -0.25) is 19.3 Å². The van der Waals surface area contributed by atoms with Crippen molar-refractivity contribution in [3.05, 3.63) is 59.2 Å². The number of anilines is 2. The number of ketones is 1. The Kier molecular flexibility index (Phi) is 7.86. The highest BCUT2D eigenvalue weighted by atomic mass is 16.2. The van der Waals surface area contributed by atoms with Gasteiger partial charge < -0.3 is 15.1 Å². The fourth-order valence-electron chi connectivity index (χ4n) is 4.91. The van der Waals surface area contributed by atoms with Gasteiger partial charge in [-0.25, -0.2) is 0 Å². The number of benzene rings is 2. The molecule has 1 N–H and O–H groups in total. The fraction of sp³-hybridized carbons (Fsp3) is 0.464. The third kappa shape index (κ3) is 6.28. The van der Waals surface area contributed by atoms with Gasteiger partial charge in [0.1, 0.15) is 0 Å². The molecule has 2 aliphatic rings. The maximum Gasteiger partial charge on any atom is 0.238 e. The molecule has 2 amide bonds. The first-order valence-corrected chi connectivity index (χ1v) is 12.5. The molecule has 2 fully saturated rings. The van der Waals surface area contributed by atoms with Gasteiger partial charge in [0, 0.05) is 49.0 Å². The van der Waals surface area contributed by atoms with Crippen molar-refractivity contribution in [2.24, 2.45) is 5.92 Å². The summed E-state index contributed by atoms with van der Waals surface area (Å²) in [7, 11) is 0. The first-order chi connectivity index (χ1) is 16.8. The Morgan fingerprint density at radius 3 is 2.11 bits per heavy atom. The van der Waals surface area contributed by atoms with E-state index in [4.69, 9.17) is 0 Å². The number of likely N-dealkylation sites (tertiary alicyclic amines) is 1. The van der Waals surface area contributed by atoms with Crippen LogP contribution in [0.15, 0.2) is 42.5 Å². The van der Waals surface area contributed by atoms with Gasteiger partial charge in [0.2, 0.25) is 11.8 Å². The third-order valence-corrected chi connectivity index (χ3v) is 7.33. The van der Waals surface area contributed by atoms with Gasteiger partial charge in [-0.1, -0.05) is 6.07 Å². The van der Waals surface area contributed by atoms with Gasteiger partial charge in [0.05, 0.1) is 6.54 Å². The van der Waals surface area contributed by atoms with Crippen LogP contribution in [-0.2, 0) is 9.59 Å². The van der Waals surface area contributed by atoms with Crippen molar-refractivity contribution in [1.29, 1.82) is 0 Å². The summed E-state index contributed by atoms with van der Waals surface area (Å²) in [6, 6.07) is 13.7. The Balaban J connectivity index is 1.20. The molecule has 0 bridgehead atoms. The van der Waals surface area contributed by atoms with E-state index >= 15 is 0 Å². The highest BCUT2D eigenvalue weighted by molar-refractivity contribution is 5.94. The van der Waals surface area contributed by atoms with Gasteiger partial charge in [-0.05, 0) is 94.2 Å². The van der Waals surface area contributed by atoms with Crippen LogP contribution in [0.1, 0.15) is 41.3 Å². The fourth-order valence-corrected chi connectivity index (χ4v) is 4.91. The van der Waals surface area contributed by atoms with Crippen LogP contribution in [0.3, 0.4) is 0 Å². The summed E-state index contributed by atoms with van der Waals surface area (Å²) in [5, 5.41) is 2.99. The van der Waals surface area contributed by atoms with Crippen LogP contribution in [0, 0.1) is 19.8 Å². The molecule has 0 aliphatic carbocycles. The minimum Gasteiger partial charge on any atom is -0.368 e. The van der Waals surface area contributed by atoms with Crippen molar-refractivity contribution in [2.45, 2.75) is 33.6 Å². The Morgan fingerprint density at radius 1 is 0.857 bits per heavy atom. The van der Waals surface area contributed by atoms with E-state index in [0.29, 0.717) is 19.6 Å². The molecular formula is C28H36N4O3. The van der Waals surface area contributed by atoms with E-state index in [0.717, 1.165) is 61.5 Å². The van der Waals surface area contributed by atoms with E-state index < -0.39 is 0 Å². The minimum atomic E-state index is -0.00881. The van der Waals surface area contributed by atoms with Crippen LogP contribution in [0.4, 0.5) is 11.4 Å². The average molecular weight is 477 g/mol. The van der Waals surface area contributed by atoms with E-state index in [1.54, 1.807) is 6.92 Å². The normalized spacial score (nSPS) is 17.3. The molecule has 2 aromatic rings. The number of aryl methyl sites for hydroxylation is 2. The van der Waals surface area contributed by atoms with E-state index in [2.05, 4.69) is 22.0 Å². The number of Topliss-reactive ketones (excluding diaryl/α,β-unsaturated/α-hetero) is 1. The molecule has 2 heterocycles. The number of carbonyl (C=O) groups is 3. The lowest BCUT2D eigenvalue weighted by Gasteiger charge is -2.39. The summed E-state index contributed by atoms with van der Waals surface area (Å²) < 4.78 is 0. The molecule has 4 rings (SSSR count). The molecule has 7 heteroatoms. The summed E-state index contributed by atoms with van der Waals surface area (Å²) in [5.74, 6) is 0.344. The molecule has 0 atom stereocenters. The predicted octanol–water partition coefficient (Wildman–Crippen LogP) is 3.51. The number of carbonyl (C=O) groups excluding carboxylic acids is 3. The second-order valence-electron chi connectivity index (χ2n) is 9.81. The molecule has 0 aromatic heterocycles. The Hall–Kier alpha value is -3.19. The van der Waals surface area contributed by atoms with Gasteiger partial charge in [-0.15, -0.1) is 0 Å². The van der Waals surface area contributed by atoms with Gasteiger partial charge in [0.25, 0.3) is 0 Å². The Labute approximate surface area is 208 Å². The highest BCUT2D eigenvalue weighted by Crippen LogP contribution is 2.23. The predicted molar refractivity (Wildman–Crippen MR) is 139 cm³/mol. The minimum absolute atomic E-state index is 0.00881. The van der Waals surface area contributed by atoms with E-state index in [-0.39, 0.29) is 23.5 Å². The first-order valence-electron chi connectivity index (χ1n) is 12.5. The van der Waals surface area contributed by atoms with Crippen LogP contribution in [-0.4, -0.2) is 73.2 Å². The largest absolute Gasteiger partial charge is 0.368 e. The van der Waals surface area contributed by atoms with Crippen molar-refractivity contribution < 1.29 is 14.4 Å². The number of piperazine rings is 1. The topological polar surface area (TPSA) is 73.0 Å². The SMILES string of the molecule is CC(=O)c1ccc(N2CCN(C(=O)C3CCN(CC(=O)Nc4ccc(C)c(C)c4)CC3)CC2)cc1.